The molecule has 4 rings (SSSR count). The van der Waals surface area contributed by atoms with Gasteiger partial charge in [-0.3, -0.25) is 4.90 Å². The summed E-state index contributed by atoms with van der Waals surface area (Å²) in [4.78, 5) is 6.67. The van der Waals surface area contributed by atoms with Gasteiger partial charge in [-0.1, -0.05) is 36.4 Å². The van der Waals surface area contributed by atoms with Crippen LogP contribution in [0.2, 0.25) is 0 Å². The zero-order valence-electron chi connectivity index (χ0n) is 16.7. The fourth-order valence-electron chi connectivity index (χ4n) is 3.79. The molecule has 6 heteroatoms. The number of ether oxygens (including phenoxy) is 1. The molecule has 2 aromatic carbocycles. The molecule has 1 aliphatic rings. The van der Waals surface area contributed by atoms with Crippen LogP contribution in [0.3, 0.4) is 0 Å². The number of hydrogen-bond donors (Lipinski definition) is 2. The van der Waals surface area contributed by atoms with Crippen LogP contribution < -0.4 is 10.1 Å². The lowest BCUT2D eigenvalue weighted by Crippen LogP contribution is -2.40. The normalized spacial score (nSPS) is 15.1. The van der Waals surface area contributed by atoms with Crippen LogP contribution in [-0.2, 0) is 19.6 Å². The third-order valence-corrected chi connectivity index (χ3v) is 6.06. The Morgan fingerprint density at radius 3 is 2.86 bits per heavy atom. The number of β-amino-alcohol motifs (C(OH)–C–C–N with tert-alkyl or cyclic N) is 1. The molecular formula is C23H27N3O2S. The van der Waals surface area contributed by atoms with Crippen molar-refractivity contribution >= 4 is 11.3 Å². The van der Waals surface area contributed by atoms with Gasteiger partial charge < -0.3 is 15.2 Å². The molecule has 0 bridgehead atoms. The minimum absolute atomic E-state index is 0.340. The molecule has 0 saturated carbocycles. The number of fused-ring (bicyclic) bond motifs is 1. The fraction of sp³-hybridized carbons (Fsp3) is 0.348. The average Bonchev–Trinajstić information content (AvgIpc) is 3.27. The van der Waals surface area contributed by atoms with Gasteiger partial charge in [-0.25, -0.2) is 4.98 Å². The third kappa shape index (κ3) is 5.03. The van der Waals surface area contributed by atoms with E-state index in [-0.39, 0.29) is 6.10 Å². The minimum Gasteiger partial charge on any atom is -0.489 e. The second-order valence-corrected chi connectivity index (χ2v) is 8.31. The first-order valence-corrected chi connectivity index (χ1v) is 10.9. The third-order valence-electron chi connectivity index (χ3n) is 5.24. The number of nitrogens with zero attached hydrogens (tertiary/aromatic N) is 2. The van der Waals surface area contributed by atoms with E-state index in [0.29, 0.717) is 19.7 Å². The van der Waals surface area contributed by atoms with Crippen molar-refractivity contribution in [3.63, 3.8) is 0 Å². The summed E-state index contributed by atoms with van der Waals surface area (Å²) in [6, 6.07) is 14.7. The van der Waals surface area contributed by atoms with Gasteiger partial charge >= 0.3 is 0 Å². The predicted octanol–water partition coefficient (Wildman–Crippen LogP) is 3.33. The van der Waals surface area contributed by atoms with Gasteiger partial charge in [0.2, 0.25) is 0 Å². The molecule has 1 atom stereocenters. The van der Waals surface area contributed by atoms with Gasteiger partial charge in [-0.2, -0.15) is 0 Å². The van der Waals surface area contributed by atoms with E-state index in [1.54, 1.807) is 11.3 Å². The Bertz CT molecular complexity index is 912. The summed E-state index contributed by atoms with van der Waals surface area (Å²) in [5.74, 6) is 0.974. The Balaban J connectivity index is 1.38. The Kier molecular flexibility index (Phi) is 6.56. The zero-order chi connectivity index (χ0) is 20.1. The van der Waals surface area contributed by atoms with Gasteiger partial charge in [0.05, 0.1) is 6.10 Å². The largest absolute Gasteiger partial charge is 0.489 e. The van der Waals surface area contributed by atoms with E-state index < -0.39 is 0 Å². The van der Waals surface area contributed by atoms with E-state index >= 15 is 0 Å². The molecule has 0 saturated heterocycles. The second-order valence-electron chi connectivity index (χ2n) is 7.41. The number of aliphatic hydroxyl groups excluding tert-OH is 1. The van der Waals surface area contributed by atoms with E-state index in [0.717, 1.165) is 41.4 Å². The summed E-state index contributed by atoms with van der Waals surface area (Å²) in [7, 11) is 1.87. The van der Waals surface area contributed by atoms with Crippen molar-refractivity contribution in [3.05, 3.63) is 70.7 Å². The summed E-state index contributed by atoms with van der Waals surface area (Å²) in [6.07, 6.45) is 2.44. The number of likely N-dealkylation sites (N-methyl/N-ethyl adjacent to an activating group) is 1. The molecule has 1 aromatic heterocycles. The second kappa shape index (κ2) is 9.50. The highest BCUT2D eigenvalue weighted by molar-refractivity contribution is 7.13. The first-order chi connectivity index (χ1) is 14.2. The Morgan fingerprint density at radius 2 is 2.10 bits per heavy atom. The van der Waals surface area contributed by atoms with Crippen molar-refractivity contribution in [2.24, 2.45) is 0 Å². The van der Waals surface area contributed by atoms with E-state index in [2.05, 4.69) is 57.7 Å². The molecule has 1 aliphatic heterocycles. The van der Waals surface area contributed by atoms with Crippen LogP contribution in [0, 0.1) is 0 Å². The van der Waals surface area contributed by atoms with Crippen LogP contribution in [0.5, 0.6) is 5.75 Å². The summed E-state index contributed by atoms with van der Waals surface area (Å²) >= 11 is 1.65. The van der Waals surface area contributed by atoms with Crippen LogP contribution in [0.4, 0.5) is 0 Å². The van der Waals surface area contributed by atoms with E-state index in [9.17, 15) is 5.11 Å². The maximum absolute atomic E-state index is 10.1. The summed E-state index contributed by atoms with van der Waals surface area (Å²) in [5.41, 5.74) is 4.88. The van der Waals surface area contributed by atoms with Gasteiger partial charge in [-0.05, 0) is 36.2 Å². The van der Waals surface area contributed by atoms with Gasteiger partial charge in [-0.15, -0.1) is 11.3 Å². The zero-order valence-corrected chi connectivity index (χ0v) is 17.5. The van der Waals surface area contributed by atoms with Crippen molar-refractivity contribution in [2.45, 2.75) is 25.7 Å². The highest BCUT2D eigenvalue weighted by Crippen LogP contribution is 2.29. The summed E-state index contributed by atoms with van der Waals surface area (Å²) in [5, 5.41) is 16.1. The molecule has 3 aromatic rings. The molecular weight excluding hydrogens is 382 g/mol. The maximum atomic E-state index is 10.1. The monoisotopic (exact) mass is 409 g/mol. The number of nitrogens with one attached hydrogen (secondary N) is 1. The van der Waals surface area contributed by atoms with Crippen LogP contribution in [0.15, 0.2) is 54.0 Å². The number of aromatic nitrogens is 1. The SMILES string of the molecule is CNC[C@H](O)CN1CCc2c(cccc2OCc2ccc(-c3nccs3)cc2)C1. The van der Waals surface area contributed by atoms with E-state index in [4.69, 9.17) is 4.74 Å². The van der Waals surface area contributed by atoms with Crippen LogP contribution >= 0.6 is 11.3 Å². The molecule has 0 amide bonds. The molecule has 0 fully saturated rings. The lowest BCUT2D eigenvalue weighted by atomic mass is 9.98. The van der Waals surface area contributed by atoms with Gasteiger partial charge in [0.1, 0.15) is 17.4 Å². The number of hydrogen-bond acceptors (Lipinski definition) is 6. The number of thiazole rings is 1. The highest BCUT2D eigenvalue weighted by Gasteiger charge is 2.21. The Labute approximate surface area is 176 Å². The van der Waals surface area contributed by atoms with Crippen LogP contribution in [-0.4, -0.2) is 47.8 Å². The van der Waals surface area contributed by atoms with Gasteiger partial charge in [0.15, 0.2) is 0 Å². The lowest BCUT2D eigenvalue weighted by molar-refractivity contribution is 0.105. The highest BCUT2D eigenvalue weighted by atomic mass is 32.1. The molecule has 0 radical (unpaired) electrons. The summed E-state index contributed by atoms with van der Waals surface area (Å²) < 4.78 is 6.19. The number of aliphatic hydroxyl groups is 1. The standard InChI is InChI=1S/C23H27N3O2S/c1-24-13-20(27)15-26-11-9-21-19(14-26)3-2-4-22(21)28-16-17-5-7-18(8-6-17)23-25-10-12-29-23/h2-8,10,12,20,24,27H,9,11,13-16H2,1H3/t20-/m0/s1. The van der Waals surface area contributed by atoms with Crippen molar-refractivity contribution < 1.29 is 9.84 Å². The predicted molar refractivity (Wildman–Crippen MR) is 117 cm³/mol. The van der Waals surface area contributed by atoms with Crippen molar-refractivity contribution in [1.82, 2.24) is 15.2 Å². The molecule has 29 heavy (non-hydrogen) atoms. The fourth-order valence-corrected chi connectivity index (χ4v) is 4.44. The number of benzene rings is 2. The summed E-state index contributed by atoms with van der Waals surface area (Å²) in [6.45, 7) is 3.66. The topological polar surface area (TPSA) is 57.6 Å². The number of rotatable bonds is 8. The molecule has 5 nitrogen and oxygen atoms in total. The van der Waals surface area contributed by atoms with E-state index in [1.165, 1.54) is 11.1 Å². The van der Waals surface area contributed by atoms with E-state index in [1.807, 2.05) is 18.6 Å². The molecule has 2 heterocycles. The first-order valence-electron chi connectivity index (χ1n) is 10.0. The van der Waals surface area contributed by atoms with Crippen molar-refractivity contribution in [2.75, 3.05) is 26.7 Å². The molecule has 152 valence electrons. The van der Waals surface area contributed by atoms with Crippen LogP contribution in [0.1, 0.15) is 16.7 Å². The molecule has 0 unspecified atom stereocenters. The Hall–Kier alpha value is -2.25. The minimum atomic E-state index is -0.340. The van der Waals surface area contributed by atoms with Crippen molar-refractivity contribution in [1.29, 1.82) is 0 Å². The lowest BCUT2D eigenvalue weighted by Gasteiger charge is -2.31. The van der Waals surface area contributed by atoms with Gasteiger partial charge in [0.25, 0.3) is 0 Å². The van der Waals surface area contributed by atoms with Crippen LogP contribution in [0.25, 0.3) is 10.6 Å². The first kappa shape index (κ1) is 20.0. The maximum Gasteiger partial charge on any atom is 0.123 e. The molecule has 0 aliphatic carbocycles. The van der Waals surface area contributed by atoms with Gasteiger partial charge in [0, 0.05) is 43.3 Å². The van der Waals surface area contributed by atoms with Crippen molar-refractivity contribution in [3.8, 4) is 16.3 Å². The molecule has 0 spiro atoms. The Morgan fingerprint density at radius 1 is 1.24 bits per heavy atom. The quantitative estimate of drug-likeness (QED) is 0.598. The molecule has 2 N–H and O–H groups in total. The average molecular weight is 410 g/mol. The smallest absolute Gasteiger partial charge is 0.123 e.